The zero-order chi connectivity index (χ0) is 49.9. The molecule has 0 aliphatic rings. The molecule has 0 saturated heterocycles. The summed E-state index contributed by atoms with van der Waals surface area (Å²) in [5.74, 6) is 0. The van der Waals surface area contributed by atoms with Crippen molar-refractivity contribution in [2.45, 2.75) is 0 Å². The van der Waals surface area contributed by atoms with Gasteiger partial charge in [-0.25, -0.2) is 0 Å². The summed E-state index contributed by atoms with van der Waals surface area (Å²) in [5, 5.41) is 7.33. The molecule has 1 heteroatoms. The van der Waals surface area contributed by atoms with E-state index in [2.05, 4.69) is 314 Å². The standard InChI is InChI=1S/C74H51N/c1-5-19-57(20-6-1)71-51-67(72(58-21-7-2-8-22-58)74(60-25-11-4-12-26-60)73(71)59-23-9-3-10-24-59)32-30-52-29-31-66-50-70(46-41-63(66)47-52)75(68-42-37-55(38-43-68)64-35-33-53-17-13-15-27-61(53)48-64)69-44-39-56(40-45-69)65-36-34-54-18-14-16-28-62(54)49-65/h1-51H/b32-30+. The quantitative estimate of drug-likeness (QED) is 0.117. The highest BCUT2D eigenvalue weighted by atomic mass is 15.1. The van der Waals surface area contributed by atoms with Crippen LogP contribution in [0.4, 0.5) is 17.1 Å². The Morgan fingerprint density at radius 1 is 0.213 bits per heavy atom. The second-order valence-corrected chi connectivity index (χ2v) is 19.3. The Kier molecular flexibility index (Phi) is 12.0. The molecule has 0 bridgehead atoms. The van der Waals surface area contributed by atoms with E-state index in [4.69, 9.17) is 0 Å². The van der Waals surface area contributed by atoms with E-state index < -0.39 is 0 Å². The van der Waals surface area contributed by atoms with Crippen LogP contribution in [0.15, 0.2) is 297 Å². The van der Waals surface area contributed by atoms with Gasteiger partial charge in [0.2, 0.25) is 0 Å². The van der Waals surface area contributed by atoms with Crippen LogP contribution in [-0.2, 0) is 0 Å². The monoisotopic (exact) mass is 953 g/mol. The van der Waals surface area contributed by atoms with E-state index in [1.807, 2.05) is 0 Å². The van der Waals surface area contributed by atoms with Gasteiger partial charge in [-0.2, -0.15) is 0 Å². The van der Waals surface area contributed by atoms with Crippen LogP contribution in [0.2, 0.25) is 0 Å². The zero-order valence-corrected chi connectivity index (χ0v) is 41.4. The van der Waals surface area contributed by atoms with Crippen LogP contribution in [0.1, 0.15) is 11.1 Å². The van der Waals surface area contributed by atoms with Crippen LogP contribution in [0.25, 0.3) is 111 Å². The minimum Gasteiger partial charge on any atom is -0.310 e. The van der Waals surface area contributed by atoms with Gasteiger partial charge in [0.05, 0.1) is 0 Å². The van der Waals surface area contributed by atoms with E-state index in [0.29, 0.717) is 0 Å². The summed E-state index contributed by atoms with van der Waals surface area (Å²) in [4.78, 5) is 2.38. The van der Waals surface area contributed by atoms with Crippen molar-refractivity contribution in [1.29, 1.82) is 0 Å². The number of benzene rings is 13. The molecule has 0 fully saturated rings. The molecule has 0 unspecified atom stereocenters. The van der Waals surface area contributed by atoms with Gasteiger partial charge < -0.3 is 4.90 Å². The SMILES string of the molecule is C(=C\c1cc(-c2ccccc2)c(-c2ccccc2)c(-c2ccccc2)c1-c1ccccc1)/c1ccc2cc(N(c3ccc(-c4ccc5ccccc5c4)cc3)c3ccc(-c4ccc5ccccc5c4)cc3)ccc2c1. The van der Waals surface area contributed by atoms with Gasteiger partial charge in [-0.15, -0.1) is 0 Å². The molecule has 0 aromatic heterocycles. The Morgan fingerprint density at radius 3 is 1.13 bits per heavy atom. The van der Waals surface area contributed by atoms with Crippen molar-refractivity contribution in [1.82, 2.24) is 0 Å². The fourth-order valence-electron chi connectivity index (χ4n) is 10.9. The number of fused-ring (bicyclic) bond motifs is 3. The Hall–Kier alpha value is -9.82. The maximum Gasteiger partial charge on any atom is 0.0468 e. The maximum atomic E-state index is 2.40. The first-order valence-corrected chi connectivity index (χ1v) is 25.8. The normalized spacial score (nSPS) is 11.4. The molecule has 0 atom stereocenters. The summed E-state index contributed by atoms with van der Waals surface area (Å²) in [6, 6.07) is 108. The second kappa shape index (κ2) is 20.0. The number of nitrogens with zero attached hydrogens (tertiary/aromatic N) is 1. The predicted molar refractivity (Wildman–Crippen MR) is 322 cm³/mol. The summed E-state index contributed by atoms with van der Waals surface area (Å²) in [6.45, 7) is 0. The summed E-state index contributed by atoms with van der Waals surface area (Å²) >= 11 is 0. The Bertz CT molecular complexity index is 4060. The minimum absolute atomic E-state index is 1.09. The average molecular weight is 954 g/mol. The Balaban J connectivity index is 0.897. The van der Waals surface area contributed by atoms with E-state index >= 15 is 0 Å². The lowest BCUT2D eigenvalue weighted by Gasteiger charge is -2.26. The topological polar surface area (TPSA) is 3.24 Å². The van der Waals surface area contributed by atoms with E-state index in [1.165, 1.54) is 99.1 Å². The molecule has 0 aliphatic carbocycles. The maximum absolute atomic E-state index is 2.40. The first kappa shape index (κ1) is 45.1. The summed E-state index contributed by atoms with van der Waals surface area (Å²) < 4.78 is 0. The molecule has 0 spiro atoms. The molecule has 0 amide bonds. The zero-order valence-electron chi connectivity index (χ0n) is 41.4. The first-order valence-electron chi connectivity index (χ1n) is 25.8. The predicted octanol–water partition coefficient (Wildman–Crippen LogP) is 20.8. The third-order valence-corrected chi connectivity index (χ3v) is 14.6. The van der Waals surface area contributed by atoms with Crippen LogP contribution in [0.3, 0.4) is 0 Å². The van der Waals surface area contributed by atoms with Gasteiger partial charge in [0.15, 0.2) is 0 Å². The molecule has 13 aromatic carbocycles. The molecular weight excluding hydrogens is 903 g/mol. The van der Waals surface area contributed by atoms with Gasteiger partial charge >= 0.3 is 0 Å². The molecule has 0 saturated carbocycles. The van der Waals surface area contributed by atoms with Gasteiger partial charge in [0.25, 0.3) is 0 Å². The van der Waals surface area contributed by atoms with Crippen LogP contribution >= 0.6 is 0 Å². The molecule has 75 heavy (non-hydrogen) atoms. The summed E-state index contributed by atoms with van der Waals surface area (Å²) in [6.07, 6.45) is 4.60. The molecule has 13 aromatic rings. The van der Waals surface area contributed by atoms with Crippen molar-refractivity contribution < 1.29 is 0 Å². The lowest BCUT2D eigenvalue weighted by atomic mass is 9.80. The molecular formula is C74H51N. The van der Waals surface area contributed by atoms with Gasteiger partial charge in [-0.1, -0.05) is 249 Å². The molecule has 0 N–H and O–H groups in total. The molecule has 352 valence electrons. The first-order chi connectivity index (χ1) is 37.2. The van der Waals surface area contributed by atoms with Crippen LogP contribution < -0.4 is 4.90 Å². The van der Waals surface area contributed by atoms with E-state index in [0.717, 1.165) is 28.2 Å². The average Bonchev–Trinajstić information content (AvgIpc) is 3.49. The minimum atomic E-state index is 1.09. The molecule has 1 nitrogen and oxygen atoms in total. The summed E-state index contributed by atoms with van der Waals surface area (Å²) in [7, 11) is 0. The fraction of sp³-hybridized carbons (Fsp3) is 0. The fourth-order valence-corrected chi connectivity index (χ4v) is 10.9. The second-order valence-electron chi connectivity index (χ2n) is 19.3. The largest absolute Gasteiger partial charge is 0.310 e. The summed E-state index contributed by atoms with van der Waals surface area (Å²) in [5.41, 5.74) is 19.9. The van der Waals surface area contributed by atoms with Crippen molar-refractivity contribution in [3.8, 4) is 66.8 Å². The van der Waals surface area contributed by atoms with E-state index in [1.54, 1.807) is 0 Å². The highest BCUT2D eigenvalue weighted by molar-refractivity contribution is 6.05. The molecule has 0 radical (unpaired) electrons. The van der Waals surface area contributed by atoms with Crippen molar-refractivity contribution >= 4 is 61.5 Å². The number of rotatable bonds is 11. The van der Waals surface area contributed by atoms with Crippen molar-refractivity contribution in [3.05, 3.63) is 308 Å². The van der Waals surface area contributed by atoms with Crippen LogP contribution in [-0.4, -0.2) is 0 Å². The number of anilines is 3. The van der Waals surface area contributed by atoms with E-state index in [9.17, 15) is 0 Å². The molecule has 0 heterocycles. The van der Waals surface area contributed by atoms with Gasteiger partial charge in [0.1, 0.15) is 0 Å². The third-order valence-electron chi connectivity index (χ3n) is 14.6. The lowest BCUT2D eigenvalue weighted by Crippen LogP contribution is -2.09. The van der Waals surface area contributed by atoms with Crippen LogP contribution in [0, 0.1) is 0 Å². The van der Waals surface area contributed by atoms with Gasteiger partial charge in [-0.05, 0) is 171 Å². The Morgan fingerprint density at radius 2 is 0.600 bits per heavy atom. The molecule has 13 rings (SSSR count). The van der Waals surface area contributed by atoms with Gasteiger partial charge in [0, 0.05) is 17.1 Å². The number of hydrogen-bond acceptors (Lipinski definition) is 1. The Labute approximate surface area is 439 Å². The number of hydrogen-bond donors (Lipinski definition) is 0. The van der Waals surface area contributed by atoms with E-state index in [-0.39, 0.29) is 0 Å². The smallest absolute Gasteiger partial charge is 0.0468 e. The third kappa shape index (κ3) is 9.09. The van der Waals surface area contributed by atoms with Crippen molar-refractivity contribution in [2.24, 2.45) is 0 Å². The lowest BCUT2D eigenvalue weighted by molar-refractivity contribution is 1.29. The highest BCUT2D eigenvalue weighted by Gasteiger charge is 2.22. The van der Waals surface area contributed by atoms with Crippen molar-refractivity contribution in [2.75, 3.05) is 4.90 Å². The van der Waals surface area contributed by atoms with Crippen molar-refractivity contribution in [3.63, 3.8) is 0 Å². The molecule has 0 aliphatic heterocycles. The van der Waals surface area contributed by atoms with Crippen LogP contribution in [0.5, 0.6) is 0 Å². The highest BCUT2D eigenvalue weighted by Crippen LogP contribution is 2.48. The van der Waals surface area contributed by atoms with Gasteiger partial charge in [-0.3, -0.25) is 0 Å².